The molecule has 0 fully saturated rings. The van der Waals surface area contributed by atoms with Gasteiger partial charge in [0.15, 0.2) is 5.96 Å². The third-order valence-corrected chi connectivity index (χ3v) is 4.81. The fourth-order valence-corrected chi connectivity index (χ4v) is 3.44. The van der Waals surface area contributed by atoms with Crippen molar-refractivity contribution >= 4 is 21.9 Å². The lowest BCUT2D eigenvalue weighted by atomic mass is 9.95. The van der Waals surface area contributed by atoms with E-state index >= 15 is 0 Å². The van der Waals surface area contributed by atoms with Crippen molar-refractivity contribution in [3.63, 3.8) is 0 Å². The predicted molar refractivity (Wildman–Crippen MR) is 102 cm³/mol. The number of aryl methyl sites for hydroxylation is 2. The van der Waals surface area contributed by atoms with Crippen molar-refractivity contribution in [1.29, 1.82) is 0 Å². The smallest absolute Gasteiger partial charge is 0.280 e. The summed E-state index contributed by atoms with van der Waals surface area (Å²) in [4.78, 5) is 15.7. The highest BCUT2D eigenvalue weighted by atomic mass is 32.2. The number of carbonyl (C=O) groups excluding carboxylic acids is 1. The first-order valence-electron chi connectivity index (χ1n) is 8.04. The molecule has 26 heavy (non-hydrogen) atoms. The number of nitrogens with zero attached hydrogens (tertiary/aromatic N) is 1. The fourth-order valence-electron chi connectivity index (χ4n) is 2.67. The minimum Gasteiger partial charge on any atom is -0.370 e. The number of hydrogen-bond acceptors (Lipinski definition) is 3. The van der Waals surface area contributed by atoms with Gasteiger partial charge in [0, 0.05) is 11.1 Å². The van der Waals surface area contributed by atoms with Crippen LogP contribution in [0.15, 0.2) is 46.3 Å². The molecule has 0 bridgehead atoms. The Morgan fingerprint density at radius 1 is 1.12 bits per heavy atom. The molecule has 2 aromatic carbocycles. The highest BCUT2D eigenvalue weighted by molar-refractivity contribution is 7.89. The largest absolute Gasteiger partial charge is 0.370 e. The van der Waals surface area contributed by atoms with Crippen molar-refractivity contribution in [2.24, 2.45) is 21.6 Å². The molecular formula is C18H22N4O3S. The highest BCUT2D eigenvalue weighted by Gasteiger charge is 2.21. The molecule has 1 amide bonds. The van der Waals surface area contributed by atoms with Gasteiger partial charge in [-0.3, -0.25) is 4.79 Å². The van der Waals surface area contributed by atoms with E-state index < -0.39 is 21.9 Å². The maximum absolute atomic E-state index is 12.3. The topological polar surface area (TPSA) is 142 Å². The van der Waals surface area contributed by atoms with E-state index in [4.69, 9.17) is 16.6 Å². The van der Waals surface area contributed by atoms with E-state index in [0.29, 0.717) is 23.1 Å². The van der Waals surface area contributed by atoms with Gasteiger partial charge in [-0.1, -0.05) is 43.2 Å². The summed E-state index contributed by atoms with van der Waals surface area (Å²) in [5.41, 5.74) is 13.5. The second kappa shape index (κ2) is 7.67. The summed E-state index contributed by atoms with van der Waals surface area (Å²) in [6.07, 6.45) is 1.31. The van der Waals surface area contributed by atoms with E-state index in [-0.39, 0.29) is 10.5 Å². The number of amides is 1. The molecule has 0 aromatic heterocycles. The maximum Gasteiger partial charge on any atom is 0.280 e. The zero-order valence-electron chi connectivity index (χ0n) is 14.7. The standard InChI is InChI=1S/C18H22N4O3S/c1-3-4-13-9-14(12-7-5-11(2)6-8-12)16(26(21,24)25)10-15(13)17(23)22-18(19)20/h5-10H,3-4H2,1-2H3,(H2,21,24,25)(H4,19,20,22,23). The summed E-state index contributed by atoms with van der Waals surface area (Å²) in [5.74, 6) is -1.09. The van der Waals surface area contributed by atoms with Crippen molar-refractivity contribution in [1.82, 2.24) is 0 Å². The molecule has 0 atom stereocenters. The van der Waals surface area contributed by atoms with Gasteiger partial charge in [0.1, 0.15) is 0 Å². The molecule has 2 aromatic rings. The number of sulfonamides is 1. The molecule has 8 heteroatoms. The van der Waals surface area contributed by atoms with E-state index in [1.54, 1.807) is 6.07 Å². The Hall–Kier alpha value is -2.71. The first-order valence-corrected chi connectivity index (χ1v) is 9.58. The number of primary sulfonamides is 1. The second-order valence-corrected chi connectivity index (χ2v) is 7.54. The Kier molecular flexibility index (Phi) is 5.79. The van der Waals surface area contributed by atoms with Gasteiger partial charge in [-0.05, 0) is 36.6 Å². The van der Waals surface area contributed by atoms with Gasteiger partial charge in [-0.2, -0.15) is 4.99 Å². The quantitative estimate of drug-likeness (QED) is 0.539. The Labute approximate surface area is 153 Å². The van der Waals surface area contributed by atoms with Gasteiger partial charge in [-0.25, -0.2) is 13.6 Å². The summed E-state index contributed by atoms with van der Waals surface area (Å²) in [7, 11) is -4.07. The molecule has 138 valence electrons. The van der Waals surface area contributed by atoms with Crippen molar-refractivity contribution in [3.05, 3.63) is 53.1 Å². The minimum atomic E-state index is -4.07. The number of benzene rings is 2. The second-order valence-electron chi connectivity index (χ2n) is 6.01. The number of guanidine groups is 1. The highest BCUT2D eigenvalue weighted by Crippen LogP contribution is 2.31. The van der Waals surface area contributed by atoms with Gasteiger partial charge in [0.25, 0.3) is 5.91 Å². The van der Waals surface area contributed by atoms with Crippen molar-refractivity contribution in [2.45, 2.75) is 31.6 Å². The Morgan fingerprint density at radius 2 is 1.73 bits per heavy atom. The zero-order valence-corrected chi connectivity index (χ0v) is 15.5. The molecule has 7 nitrogen and oxygen atoms in total. The van der Waals surface area contributed by atoms with E-state index in [2.05, 4.69) is 4.99 Å². The average molecular weight is 374 g/mol. The van der Waals surface area contributed by atoms with Crippen LogP contribution in [0, 0.1) is 6.92 Å². The first kappa shape index (κ1) is 19.6. The molecule has 0 saturated heterocycles. The molecule has 2 rings (SSSR count). The third kappa shape index (κ3) is 4.47. The molecule has 0 aliphatic carbocycles. The summed E-state index contributed by atoms with van der Waals surface area (Å²) >= 11 is 0. The van der Waals surface area contributed by atoms with Crippen LogP contribution in [0.3, 0.4) is 0 Å². The molecule has 6 N–H and O–H groups in total. The van der Waals surface area contributed by atoms with Gasteiger partial charge < -0.3 is 11.5 Å². The number of hydrogen-bond donors (Lipinski definition) is 3. The fraction of sp³-hybridized carbons (Fsp3) is 0.222. The predicted octanol–water partition coefficient (Wildman–Crippen LogP) is 1.68. The lowest BCUT2D eigenvalue weighted by Gasteiger charge is -2.14. The van der Waals surface area contributed by atoms with Gasteiger partial charge in [0.2, 0.25) is 10.0 Å². The number of nitrogens with two attached hydrogens (primary N) is 3. The lowest BCUT2D eigenvalue weighted by molar-refractivity contribution is 0.100. The molecule has 0 aliphatic heterocycles. The first-order chi connectivity index (χ1) is 12.1. The van der Waals surface area contributed by atoms with E-state index in [1.807, 2.05) is 38.1 Å². The van der Waals surface area contributed by atoms with Crippen LogP contribution in [0.25, 0.3) is 11.1 Å². The Morgan fingerprint density at radius 3 is 2.23 bits per heavy atom. The Bertz CT molecular complexity index is 961. The summed E-state index contributed by atoms with van der Waals surface area (Å²) < 4.78 is 24.3. The van der Waals surface area contributed by atoms with Crippen molar-refractivity contribution in [3.8, 4) is 11.1 Å². The lowest BCUT2D eigenvalue weighted by Crippen LogP contribution is -2.24. The molecule has 0 spiro atoms. The van der Waals surface area contributed by atoms with Gasteiger partial charge in [-0.15, -0.1) is 0 Å². The summed E-state index contributed by atoms with van der Waals surface area (Å²) in [6.45, 7) is 3.89. The van der Waals surface area contributed by atoms with E-state index in [0.717, 1.165) is 12.0 Å². The molecule has 0 radical (unpaired) electrons. The van der Waals surface area contributed by atoms with Crippen LogP contribution < -0.4 is 16.6 Å². The number of aliphatic imine (C=N–C) groups is 1. The Balaban J connectivity index is 2.79. The average Bonchev–Trinajstić information content (AvgIpc) is 2.53. The van der Waals surface area contributed by atoms with Crippen LogP contribution in [-0.4, -0.2) is 20.3 Å². The van der Waals surface area contributed by atoms with Crippen molar-refractivity contribution in [2.75, 3.05) is 0 Å². The number of rotatable bonds is 5. The van der Waals surface area contributed by atoms with Crippen LogP contribution in [-0.2, 0) is 16.4 Å². The monoisotopic (exact) mass is 374 g/mol. The van der Waals surface area contributed by atoms with E-state index in [9.17, 15) is 13.2 Å². The molecule has 0 heterocycles. The molecule has 0 saturated carbocycles. The SMILES string of the molecule is CCCc1cc(-c2ccc(C)cc2)c(S(N)(=O)=O)cc1C(=O)N=C(N)N. The maximum atomic E-state index is 12.3. The molecular weight excluding hydrogens is 352 g/mol. The van der Waals surface area contributed by atoms with E-state index in [1.165, 1.54) is 6.07 Å². The molecule has 0 unspecified atom stereocenters. The normalized spacial score (nSPS) is 11.2. The third-order valence-electron chi connectivity index (χ3n) is 3.85. The van der Waals surface area contributed by atoms with Crippen LogP contribution in [0.4, 0.5) is 0 Å². The minimum absolute atomic E-state index is 0.125. The van der Waals surface area contributed by atoms with Crippen molar-refractivity contribution < 1.29 is 13.2 Å². The van der Waals surface area contributed by atoms with Gasteiger partial charge in [0.05, 0.1) is 4.90 Å². The van der Waals surface area contributed by atoms with Crippen LogP contribution >= 0.6 is 0 Å². The van der Waals surface area contributed by atoms with Crippen LogP contribution in [0.2, 0.25) is 0 Å². The zero-order chi connectivity index (χ0) is 19.5. The number of carbonyl (C=O) groups is 1. The van der Waals surface area contributed by atoms with Crippen LogP contribution in [0.1, 0.15) is 34.8 Å². The van der Waals surface area contributed by atoms with Crippen LogP contribution in [0.5, 0.6) is 0 Å². The summed E-state index contributed by atoms with van der Waals surface area (Å²) in [5, 5.41) is 5.39. The molecule has 0 aliphatic rings. The summed E-state index contributed by atoms with van der Waals surface area (Å²) in [6, 6.07) is 10.3. The van der Waals surface area contributed by atoms with Gasteiger partial charge >= 0.3 is 0 Å².